The van der Waals surface area contributed by atoms with Crippen molar-refractivity contribution in [3.8, 4) is 28.7 Å². The van der Waals surface area contributed by atoms with Crippen molar-refractivity contribution in [2.45, 2.75) is 89.0 Å². The number of hydrogen-bond donors (Lipinski definition) is 0. The smallest absolute Gasteiger partial charge is 0.389 e. The lowest BCUT2D eigenvalue weighted by Gasteiger charge is -2.11. The summed E-state index contributed by atoms with van der Waals surface area (Å²) >= 11 is 0. The Labute approximate surface area is 477 Å². The van der Waals surface area contributed by atoms with Gasteiger partial charge in [0.05, 0.1) is 55.2 Å². The van der Waals surface area contributed by atoms with E-state index in [0.29, 0.717) is 49.0 Å². The fraction of sp³-hybridized carbons (Fsp3) is 0.339. The number of esters is 5. The molecule has 0 aliphatic carbocycles. The summed E-state index contributed by atoms with van der Waals surface area (Å²) in [6.45, 7) is -0.683. The normalized spacial score (nSPS) is 11.8. The van der Waals surface area contributed by atoms with Crippen LogP contribution in [0.1, 0.15) is 113 Å². The molecule has 1 unspecified atom stereocenters. The minimum Gasteiger partial charge on any atom is -0.494 e. The molecule has 25 heteroatoms. The summed E-state index contributed by atoms with van der Waals surface area (Å²) in [5.41, 5.74) is 0.645. The lowest BCUT2D eigenvalue weighted by molar-refractivity contribution is -0.526. The Morgan fingerprint density at radius 1 is 0.464 bits per heavy atom. The van der Waals surface area contributed by atoms with Gasteiger partial charge >= 0.3 is 42.2 Å². The van der Waals surface area contributed by atoms with Crippen molar-refractivity contribution in [1.82, 2.24) is 0 Å². The molecule has 0 heterocycles. The van der Waals surface area contributed by atoms with Crippen LogP contribution in [-0.2, 0) is 23.8 Å². The summed E-state index contributed by atoms with van der Waals surface area (Å²) in [4.78, 5) is 84.7. The van der Waals surface area contributed by atoms with E-state index < -0.39 is 83.2 Å². The van der Waals surface area contributed by atoms with Gasteiger partial charge in [-0.05, 0) is 160 Å². The molecular formula is C59H58F6N2O17. The molecule has 19 nitrogen and oxygen atoms in total. The number of benzene rings is 5. The molecule has 0 amide bonds. The van der Waals surface area contributed by atoms with Crippen molar-refractivity contribution in [2.75, 3.05) is 39.6 Å². The SMILES string of the molecule is O=C(/C=C/c1ccc(OC(=O)c2ccc(OCCCC(F)(F)F)cc2)cc1)OCCCCCCOC(=O)c1ccc(OCCCCC(COC(=O)/C=C/c2ccc(OC(=O)c3ccc(OCCCC(F)(F)F)cc3)cc2)[N+](=O)[O-])cc1[N+](=O)[O-]. The fourth-order valence-electron chi connectivity index (χ4n) is 7.35. The van der Waals surface area contributed by atoms with Gasteiger partial charge in [0.15, 0.2) is 6.61 Å². The molecule has 0 radical (unpaired) electrons. The molecule has 0 fully saturated rings. The van der Waals surface area contributed by atoms with E-state index in [4.69, 9.17) is 37.9 Å². The molecule has 0 aliphatic rings. The largest absolute Gasteiger partial charge is 0.494 e. The van der Waals surface area contributed by atoms with Gasteiger partial charge in [-0.2, -0.15) is 26.3 Å². The van der Waals surface area contributed by atoms with Crippen LogP contribution < -0.4 is 23.7 Å². The predicted molar refractivity (Wildman–Crippen MR) is 289 cm³/mol. The van der Waals surface area contributed by atoms with E-state index in [-0.39, 0.29) is 98.4 Å². The lowest BCUT2D eigenvalue weighted by atomic mass is 10.1. The van der Waals surface area contributed by atoms with Gasteiger partial charge in [0, 0.05) is 36.3 Å². The summed E-state index contributed by atoms with van der Waals surface area (Å²) in [6, 6.07) is 26.1. The maximum absolute atomic E-state index is 12.8. The van der Waals surface area contributed by atoms with Gasteiger partial charge in [-0.1, -0.05) is 24.3 Å². The number of unbranched alkanes of at least 4 members (excludes halogenated alkanes) is 4. The zero-order chi connectivity index (χ0) is 60.9. The minimum absolute atomic E-state index is 0.0153. The van der Waals surface area contributed by atoms with Gasteiger partial charge in [0.25, 0.3) is 5.69 Å². The van der Waals surface area contributed by atoms with Gasteiger partial charge in [0.2, 0.25) is 6.04 Å². The number of nitrogens with zero attached hydrogens (tertiary/aromatic N) is 2. The quantitative estimate of drug-likeness (QED) is 0.00543. The summed E-state index contributed by atoms with van der Waals surface area (Å²) < 4.78 is 116. The first-order chi connectivity index (χ1) is 40.1. The molecule has 0 saturated carbocycles. The molecule has 1 atom stereocenters. The van der Waals surface area contributed by atoms with E-state index in [1.54, 1.807) is 12.1 Å². The molecule has 5 rings (SSSR count). The van der Waals surface area contributed by atoms with E-state index in [1.807, 2.05) is 0 Å². The van der Waals surface area contributed by atoms with E-state index in [0.717, 1.165) is 12.1 Å². The van der Waals surface area contributed by atoms with Crippen molar-refractivity contribution in [1.29, 1.82) is 0 Å². The molecule has 0 spiro atoms. The highest BCUT2D eigenvalue weighted by Crippen LogP contribution is 2.28. The number of alkyl halides is 6. The predicted octanol–water partition coefficient (Wildman–Crippen LogP) is 12.9. The number of ether oxygens (including phenoxy) is 8. The third-order valence-electron chi connectivity index (χ3n) is 11.8. The van der Waals surface area contributed by atoms with Crippen molar-refractivity contribution in [3.63, 3.8) is 0 Å². The first-order valence-electron chi connectivity index (χ1n) is 26.3. The first kappa shape index (κ1) is 65.5. The highest BCUT2D eigenvalue weighted by molar-refractivity contribution is 5.94. The first-order valence-corrected chi connectivity index (χ1v) is 26.3. The molecular weight excluding hydrogens is 1120 g/mol. The number of nitro groups is 2. The van der Waals surface area contributed by atoms with Crippen LogP contribution in [0.4, 0.5) is 32.0 Å². The second-order valence-electron chi connectivity index (χ2n) is 18.3. The maximum Gasteiger partial charge on any atom is 0.389 e. The summed E-state index contributed by atoms with van der Waals surface area (Å²) in [6.07, 6.45) is -2.94. The summed E-state index contributed by atoms with van der Waals surface area (Å²) in [5, 5.41) is 23.5. The van der Waals surface area contributed by atoms with E-state index in [1.165, 1.54) is 115 Å². The molecule has 84 heavy (non-hydrogen) atoms. The molecule has 5 aromatic carbocycles. The molecule has 0 bridgehead atoms. The van der Waals surface area contributed by atoms with Crippen LogP contribution in [0.25, 0.3) is 12.2 Å². The second-order valence-corrected chi connectivity index (χ2v) is 18.3. The molecule has 0 N–H and O–H groups in total. The van der Waals surface area contributed by atoms with Gasteiger partial charge in [-0.15, -0.1) is 0 Å². The second kappa shape index (κ2) is 33.6. The van der Waals surface area contributed by atoms with Gasteiger partial charge in [-0.25, -0.2) is 24.0 Å². The Bertz CT molecular complexity index is 3020. The number of nitro benzene ring substituents is 1. The van der Waals surface area contributed by atoms with Crippen molar-refractivity contribution in [2.24, 2.45) is 0 Å². The van der Waals surface area contributed by atoms with Crippen LogP contribution in [0.5, 0.6) is 28.7 Å². The number of carbonyl (C=O) groups is 5. The lowest BCUT2D eigenvalue weighted by Crippen LogP contribution is -2.26. The zero-order valence-electron chi connectivity index (χ0n) is 45.0. The third kappa shape index (κ3) is 25.2. The van der Waals surface area contributed by atoms with Crippen LogP contribution in [0, 0.1) is 20.2 Å². The summed E-state index contributed by atoms with van der Waals surface area (Å²) in [7, 11) is 0. The maximum atomic E-state index is 12.8. The molecule has 5 aromatic rings. The minimum atomic E-state index is -4.28. The molecule has 0 saturated heterocycles. The topological polar surface area (TPSA) is 245 Å². The molecule has 0 aromatic heterocycles. The van der Waals surface area contributed by atoms with Crippen LogP contribution in [0.15, 0.2) is 127 Å². The Morgan fingerprint density at radius 3 is 1.35 bits per heavy atom. The van der Waals surface area contributed by atoms with Crippen molar-refractivity contribution < 1.29 is 98.1 Å². The Balaban J connectivity index is 0.905. The highest BCUT2D eigenvalue weighted by Gasteiger charge is 2.28. The number of hydrogen-bond acceptors (Lipinski definition) is 17. The van der Waals surface area contributed by atoms with E-state index >= 15 is 0 Å². The van der Waals surface area contributed by atoms with Gasteiger partial charge in [0.1, 0.15) is 34.3 Å². The average Bonchev–Trinajstić information content (AvgIpc) is 3.59. The Hall–Kier alpha value is -9.29. The van der Waals surface area contributed by atoms with Crippen LogP contribution in [-0.4, -0.2) is 97.7 Å². The van der Waals surface area contributed by atoms with E-state index in [2.05, 4.69) is 0 Å². The van der Waals surface area contributed by atoms with Gasteiger partial charge < -0.3 is 37.9 Å². The van der Waals surface area contributed by atoms with Crippen molar-refractivity contribution >= 4 is 47.7 Å². The Morgan fingerprint density at radius 2 is 0.881 bits per heavy atom. The average molecular weight is 1180 g/mol. The monoisotopic (exact) mass is 1180 g/mol. The van der Waals surface area contributed by atoms with Crippen LogP contribution >= 0.6 is 0 Å². The fourth-order valence-corrected chi connectivity index (χ4v) is 7.35. The standard InChI is InChI=1S/C59H58F6N2O17/c60-58(61,62)32-7-37-77-46-24-16-43(17-25-46)55(70)83-48-20-10-41(11-21-48)14-30-53(68)80-35-4-1-2-5-36-81-57(72)51-29-28-50(39-52(51)67(75)76)79-34-6-3-9-45(66(73)74)40-82-54(69)31-15-42-12-22-49(23-13-42)84-56(71)44-18-26-47(27-19-44)78-38-8-33-59(63,64)65/h10-31,39,45H,1-9,32-38,40H2/b30-14+,31-15+. The van der Waals surface area contributed by atoms with E-state index in [9.17, 15) is 70.5 Å². The zero-order valence-corrected chi connectivity index (χ0v) is 45.0. The number of rotatable bonds is 34. The van der Waals surface area contributed by atoms with Crippen LogP contribution in [0.3, 0.4) is 0 Å². The number of carbonyl (C=O) groups excluding carboxylic acids is 5. The Kier molecular flexibility index (Phi) is 26.2. The highest BCUT2D eigenvalue weighted by atomic mass is 19.4. The van der Waals surface area contributed by atoms with Crippen LogP contribution in [0.2, 0.25) is 0 Å². The summed E-state index contributed by atoms with van der Waals surface area (Å²) in [5.74, 6) is -2.64. The molecule has 0 aliphatic heterocycles. The van der Waals surface area contributed by atoms with Crippen molar-refractivity contribution in [3.05, 3.63) is 175 Å². The third-order valence-corrected chi connectivity index (χ3v) is 11.8. The van der Waals surface area contributed by atoms with Gasteiger partial charge in [-0.3, -0.25) is 20.2 Å². The number of halogens is 6. The molecule has 448 valence electrons.